The Kier molecular flexibility index (Phi) is 14.3. The second-order valence-corrected chi connectivity index (χ2v) is 13.3. The lowest BCUT2D eigenvalue weighted by Gasteiger charge is -2.35. The van der Waals surface area contributed by atoms with Gasteiger partial charge in [-0.2, -0.15) is 0 Å². The number of rotatable bonds is 20. The molecule has 0 bridgehead atoms. The topological polar surface area (TPSA) is 176 Å². The molecule has 0 saturated carbocycles. The molecule has 1 aromatic rings. The normalized spacial score (nSPS) is 16.0. The van der Waals surface area contributed by atoms with Crippen LogP contribution in [0.4, 0.5) is 0 Å². The van der Waals surface area contributed by atoms with E-state index in [0.717, 1.165) is 12.8 Å². The minimum Gasteiger partial charge on any atom is -0.748 e. The third-order valence-corrected chi connectivity index (χ3v) is 8.32. The Labute approximate surface area is 239 Å². The fraction of sp³-hybridized carbons (Fsp3) is 0.778. The summed E-state index contributed by atoms with van der Waals surface area (Å²) >= 11 is 0. The lowest BCUT2D eigenvalue weighted by Crippen LogP contribution is -2.50. The summed E-state index contributed by atoms with van der Waals surface area (Å²) in [7, 11) is -0.482. The summed E-state index contributed by atoms with van der Waals surface area (Å²) in [4.78, 5) is 43.1. The zero-order valence-corrected chi connectivity index (χ0v) is 25.8. The molecule has 1 rings (SSSR count). The van der Waals surface area contributed by atoms with Crippen LogP contribution >= 0.6 is 0 Å². The molecule has 4 unspecified atom stereocenters. The van der Waals surface area contributed by atoms with Gasteiger partial charge in [0.2, 0.25) is 17.7 Å². The highest BCUT2D eigenvalue weighted by Gasteiger charge is 2.40. The van der Waals surface area contributed by atoms with Gasteiger partial charge in [0.15, 0.2) is 0 Å². The van der Waals surface area contributed by atoms with E-state index in [1.165, 1.54) is 0 Å². The van der Waals surface area contributed by atoms with Gasteiger partial charge in [0.05, 0.1) is 50.2 Å². The van der Waals surface area contributed by atoms with Gasteiger partial charge in [-0.25, -0.2) is 13.4 Å². The molecule has 0 aliphatic heterocycles. The summed E-state index contributed by atoms with van der Waals surface area (Å²) in [6, 6.07) is -0.0198. The van der Waals surface area contributed by atoms with Gasteiger partial charge in [0.25, 0.3) is 0 Å². The Morgan fingerprint density at radius 3 is 2.33 bits per heavy atom. The highest BCUT2D eigenvalue weighted by molar-refractivity contribution is 7.85. The first-order valence-electron chi connectivity index (χ1n) is 14.1. The minimum atomic E-state index is -4.27. The highest BCUT2D eigenvalue weighted by atomic mass is 32.2. The van der Waals surface area contributed by atoms with Crippen molar-refractivity contribution in [3.8, 4) is 0 Å². The molecule has 40 heavy (non-hydrogen) atoms. The van der Waals surface area contributed by atoms with E-state index in [9.17, 15) is 27.4 Å². The molecular formula is C27H50N6O6S. The van der Waals surface area contributed by atoms with Gasteiger partial charge >= 0.3 is 0 Å². The van der Waals surface area contributed by atoms with Crippen molar-refractivity contribution in [2.24, 2.45) is 23.0 Å². The van der Waals surface area contributed by atoms with Crippen LogP contribution in [0.1, 0.15) is 72.3 Å². The monoisotopic (exact) mass is 586 g/mol. The second kappa shape index (κ2) is 16.1. The third kappa shape index (κ3) is 12.8. The summed E-state index contributed by atoms with van der Waals surface area (Å²) in [6.07, 6.45) is 7.84. The number of nitrogens with two attached hydrogens (primary N) is 1. The van der Waals surface area contributed by atoms with E-state index in [4.69, 9.17) is 5.73 Å². The summed E-state index contributed by atoms with van der Waals surface area (Å²) in [5, 5.41) is 5.86. The van der Waals surface area contributed by atoms with Crippen LogP contribution in [0.2, 0.25) is 0 Å². The van der Waals surface area contributed by atoms with E-state index in [-0.39, 0.29) is 37.1 Å². The fourth-order valence-electron chi connectivity index (χ4n) is 5.08. The number of primary amides is 1. The minimum absolute atomic E-state index is 0.0198. The van der Waals surface area contributed by atoms with Crippen molar-refractivity contribution >= 4 is 27.8 Å². The Hall–Kier alpha value is -2.51. The van der Waals surface area contributed by atoms with Crippen LogP contribution in [0, 0.1) is 17.3 Å². The van der Waals surface area contributed by atoms with E-state index in [0.29, 0.717) is 37.1 Å². The number of hydrogen-bond acceptors (Lipinski definition) is 7. The molecule has 1 aromatic heterocycles. The highest BCUT2D eigenvalue weighted by Crippen LogP contribution is 2.37. The second-order valence-electron chi connectivity index (χ2n) is 11.8. The number of imidazole rings is 1. The maximum atomic E-state index is 13.7. The Balaban J connectivity index is 3.05. The fourth-order valence-corrected chi connectivity index (χ4v) is 5.57. The Morgan fingerprint density at radius 2 is 1.80 bits per heavy atom. The lowest BCUT2D eigenvalue weighted by molar-refractivity contribution is -0.889. The molecule has 230 valence electrons. The molecule has 0 aliphatic rings. The molecule has 13 heteroatoms. The van der Waals surface area contributed by atoms with Crippen LogP contribution in [-0.4, -0.2) is 90.8 Å². The largest absolute Gasteiger partial charge is 0.748 e. The van der Waals surface area contributed by atoms with E-state index in [1.807, 2.05) is 38.7 Å². The predicted octanol–water partition coefficient (Wildman–Crippen LogP) is 1.40. The van der Waals surface area contributed by atoms with Crippen molar-refractivity contribution < 1.29 is 31.8 Å². The van der Waals surface area contributed by atoms with Crippen LogP contribution in [0.3, 0.4) is 0 Å². The van der Waals surface area contributed by atoms with Gasteiger partial charge in [0.1, 0.15) is 0 Å². The molecule has 0 saturated heterocycles. The number of hydrogen-bond donors (Lipinski definition) is 3. The van der Waals surface area contributed by atoms with Gasteiger partial charge in [-0.3, -0.25) is 14.4 Å². The number of amides is 3. The van der Waals surface area contributed by atoms with Crippen LogP contribution in [0.5, 0.6) is 0 Å². The van der Waals surface area contributed by atoms with Gasteiger partial charge in [-0.05, 0) is 32.1 Å². The molecule has 1 heterocycles. The average molecular weight is 587 g/mol. The first-order valence-corrected chi connectivity index (χ1v) is 15.7. The molecule has 4 atom stereocenters. The molecule has 12 nitrogen and oxygen atoms in total. The van der Waals surface area contributed by atoms with Crippen molar-refractivity contribution in [2.45, 2.75) is 72.3 Å². The van der Waals surface area contributed by atoms with Gasteiger partial charge < -0.3 is 30.0 Å². The van der Waals surface area contributed by atoms with Crippen LogP contribution in [-0.2, 0) is 24.5 Å². The number of likely N-dealkylation sites (N-methyl/N-ethyl adjacent to an activating group) is 1. The number of carbonyl (C=O) groups is 3. The van der Waals surface area contributed by atoms with Crippen LogP contribution in [0.25, 0.3) is 0 Å². The molecule has 0 radical (unpaired) electrons. The summed E-state index contributed by atoms with van der Waals surface area (Å²) < 4.78 is 35.1. The molecule has 0 spiro atoms. The predicted molar refractivity (Wildman–Crippen MR) is 153 cm³/mol. The lowest BCUT2D eigenvalue weighted by atomic mass is 9.72. The number of carbonyl (C=O) groups excluding carboxylic acids is 3. The summed E-state index contributed by atoms with van der Waals surface area (Å²) in [5.41, 5.74) is 4.80. The smallest absolute Gasteiger partial charge is 0.226 e. The Bertz CT molecular complexity index is 1050. The van der Waals surface area contributed by atoms with E-state index >= 15 is 0 Å². The third-order valence-electron chi connectivity index (χ3n) is 7.54. The van der Waals surface area contributed by atoms with E-state index < -0.39 is 39.0 Å². The molecule has 3 amide bonds. The van der Waals surface area contributed by atoms with E-state index in [1.54, 1.807) is 26.4 Å². The first kappa shape index (κ1) is 35.5. The number of aromatic nitrogens is 2. The molecule has 4 N–H and O–H groups in total. The van der Waals surface area contributed by atoms with Gasteiger partial charge in [-0.1, -0.05) is 27.7 Å². The first-order chi connectivity index (χ1) is 18.5. The summed E-state index contributed by atoms with van der Waals surface area (Å²) in [5.74, 6) is -2.40. The zero-order chi connectivity index (χ0) is 30.6. The van der Waals surface area contributed by atoms with E-state index in [2.05, 4.69) is 15.6 Å². The maximum Gasteiger partial charge on any atom is 0.226 e. The zero-order valence-electron chi connectivity index (χ0n) is 25.0. The quantitative estimate of drug-likeness (QED) is 0.153. The van der Waals surface area contributed by atoms with Gasteiger partial charge in [0, 0.05) is 54.4 Å². The molecule has 0 aromatic carbocycles. The van der Waals surface area contributed by atoms with Crippen molar-refractivity contribution in [2.75, 3.05) is 46.0 Å². The maximum absolute atomic E-state index is 13.7. The molecular weight excluding hydrogens is 536 g/mol. The SMILES string of the molecule is CCCNC(=O)C(C)CC(C)(CC(CC(CC)n1ccnc1)C(N)=O)C(=O)NCC[N+](C)(C)CCCS(=O)(=O)[O-]. The molecule has 0 aliphatic carbocycles. The number of quaternary nitrogens is 1. The van der Waals surface area contributed by atoms with Crippen molar-refractivity contribution in [3.63, 3.8) is 0 Å². The number of nitrogens with one attached hydrogen (secondary N) is 2. The van der Waals surface area contributed by atoms with Crippen molar-refractivity contribution in [3.05, 3.63) is 18.7 Å². The standard InChI is InChI=1S/C27H50N6O6S/c1-7-10-30-25(35)21(3)18-27(4,19-22(24(28)34)17-23(8-2)32-13-11-29-20-32)26(36)31-12-15-33(5,6)14-9-16-40(37,38)39/h11,13,20-23H,7-10,12,14-19H2,1-6H3,(H4-,28,30,31,34,35,36,37,38,39). The molecule has 0 fully saturated rings. The van der Waals surface area contributed by atoms with Crippen molar-refractivity contribution in [1.82, 2.24) is 20.2 Å². The van der Waals surface area contributed by atoms with Crippen LogP contribution < -0.4 is 16.4 Å². The van der Waals surface area contributed by atoms with Crippen molar-refractivity contribution in [1.29, 1.82) is 0 Å². The number of nitrogens with zero attached hydrogens (tertiary/aromatic N) is 3. The summed E-state index contributed by atoms with van der Waals surface area (Å²) in [6.45, 7) is 9.34. The van der Waals surface area contributed by atoms with Gasteiger partial charge in [-0.15, -0.1) is 0 Å². The Morgan fingerprint density at radius 1 is 1.12 bits per heavy atom. The van der Waals surface area contributed by atoms with Crippen LogP contribution in [0.15, 0.2) is 18.7 Å². The average Bonchev–Trinajstić information content (AvgIpc) is 3.38.